The highest BCUT2D eigenvalue weighted by Crippen LogP contribution is 2.52. The minimum Gasteiger partial charge on any atom is -0.326 e. The maximum atomic E-state index is 14.7. The number of amides is 2. The van der Waals surface area contributed by atoms with Crippen LogP contribution in [-0.4, -0.2) is 40.8 Å². The summed E-state index contributed by atoms with van der Waals surface area (Å²) in [7, 11) is 0. The molecule has 174 valence electrons. The molecular weight excluding hydrogens is 468 g/mol. The van der Waals surface area contributed by atoms with E-state index in [0.29, 0.717) is 0 Å². The van der Waals surface area contributed by atoms with Crippen molar-refractivity contribution in [3.8, 4) is 0 Å². The van der Waals surface area contributed by atoms with E-state index in [1.807, 2.05) is 5.32 Å². The molecule has 0 unspecified atom stereocenters. The fraction of sp³-hybridized carbons (Fsp3) is 0.500. The molecule has 2 amide bonds. The predicted molar refractivity (Wildman–Crippen MR) is 114 cm³/mol. The number of nitrogens with zero attached hydrogens (tertiary/aromatic N) is 1. The number of carbonyl (C=O) groups is 3. The smallest absolute Gasteiger partial charge is 0.326 e. The Hall–Kier alpha value is -2.06. The minimum atomic E-state index is -5.26. The van der Waals surface area contributed by atoms with Crippen LogP contribution in [0.25, 0.3) is 0 Å². The molecule has 0 radical (unpaired) electrons. The molecule has 0 saturated heterocycles. The zero-order chi connectivity index (χ0) is 24.2. The molecule has 1 aliphatic heterocycles. The number of nitrogens with one attached hydrogen (secondary N) is 1. The first kappa shape index (κ1) is 24.6. The summed E-state index contributed by atoms with van der Waals surface area (Å²) in [5.41, 5.74) is -5.08. The maximum Gasteiger partial charge on any atom is 0.425 e. The van der Waals surface area contributed by atoms with E-state index in [9.17, 15) is 27.6 Å². The largest absolute Gasteiger partial charge is 0.425 e. The Balaban J connectivity index is 2.21. The van der Waals surface area contributed by atoms with Gasteiger partial charge in [0.25, 0.3) is 11.8 Å². The zero-order valence-corrected chi connectivity index (χ0v) is 19.5. The topological polar surface area (TPSA) is 66.5 Å². The fourth-order valence-corrected chi connectivity index (χ4v) is 4.79. The molecule has 10 heteroatoms. The van der Waals surface area contributed by atoms with Gasteiger partial charge in [0.15, 0.2) is 5.78 Å². The van der Waals surface area contributed by atoms with Crippen molar-refractivity contribution in [2.24, 2.45) is 11.3 Å². The number of Topliss-reactive ketones (excluding diaryl/α,β-unsaturated/α-hetero) is 1. The van der Waals surface area contributed by atoms with E-state index >= 15 is 0 Å². The molecular formula is C22H23Cl2F3N2O3. The van der Waals surface area contributed by atoms with Crippen molar-refractivity contribution in [2.45, 2.75) is 52.3 Å². The first-order chi connectivity index (χ1) is 14.6. The van der Waals surface area contributed by atoms with Crippen LogP contribution in [0.15, 0.2) is 29.5 Å². The fourth-order valence-electron chi connectivity index (χ4n) is 4.30. The Bertz CT molecular complexity index is 1030. The summed E-state index contributed by atoms with van der Waals surface area (Å²) in [5.74, 6) is -3.59. The number of carbonyl (C=O) groups excluding carboxylic acids is 3. The Morgan fingerprint density at radius 1 is 1.19 bits per heavy atom. The third kappa shape index (κ3) is 4.03. The van der Waals surface area contributed by atoms with E-state index < -0.39 is 40.3 Å². The van der Waals surface area contributed by atoms with Gasteiger partial charge in [0.1, 0.15) is 0 Å². The molecule has 1 heterocycles. The average molecular weight is 491 g/mol. The van der Waals surface area contributed by atoms with Gasteiger partial charge in [-0.25, -0.2) is 0 Å². The minimum absolute atomic E-state index is 0.0174. The lowest BCUT2D eigenvalue weighted by Gasteiger charge is -2.35. The van der Waals surface area contributed by atoms with Gasteiger partial charge >= 0.3 is 6.18 Å². The van der Waals surface area contributed by atoms with Gasteiger partial charge in [-0.3, -0.25) is 14.4 Å². The summed E-state index contributed by atoms with van der Waals surface area (Å²) in [6, 6.07) is 3.67. The van der Waals surface area contributed by atoms with E-state index in [1.165, 1.54) is 12.1 Å². The van der Waals surface area contributed by atoms with Crippen LogP contribution in [0.1, 0.15) is 50.9 Å². The molecule has 1 aliphatic carbocycles. The third-order valence-corrected chi connectivity index (χ3v) is 6.12. The second kappa shape index (κ2) is 8.06. The van der Waals surface area contributed by atoms with Crippen molar-refractivity contribution < 1.29 is 27.6 Å². The van der Waals surface area contributed by atoms with Gasteiger partial charge in [0.05, 0.1) is 16.2 Å². The quantitative estimate of drug-likeness (QED) is 0.633. The van der Waals surface area contributed by atoms with Crippen LogP contribution in [0.2, 0.25) is 10.0 Å². The van der Waals surface area contributed by atoms with Crippen LogP contribution < -0.4 is 5.32 Å². The predicted octanol–water partition coefficient (Wildman–Crippen LogP) is 5.17. The average Bonchev–Trinajstić information content (AvgIpc) is 2.83. The second-order valence-electron chi connectivity index (χ2n) is 9.40. The van der Waals surface area contributed by atoms with Crippen molar-refractivity contribution in [3.63, 3.8) is 0 Å². The lowest BCUT2D eigenvalue weighted by Crippen LogP contribution is -2.66. The summed E-state index contributed by atoms with van der Waals surface area (Å²) in [5, 5.41) is 1.87. The molecule has 32 heavy (non-hydrogen) atoms. The van der Waals surface area contributed by atoms with E-state index in [2.05, 4.69) is 0 Å². The normalized spacial score (nSPS) is 23.1. The Morgan fingerprint density at radius 3 is 2.34 bits per heavy atom. The number of hydrogen-bond donors (Lipinski definition) is 1. The van der Waals surface area contributed by atoms with Crippen molar-refractivity contribution in [1.29, 1.82) is 0 Å². The Kier molecular flexibility index (Phi) is 6.19. The number of alkyl halides is 3. The molecule has 1 aromatic carbocycles. The molecule has 0 fully saturated rings. The number of hydrogen-bond acceptors (Lipinski definition) is 3. The lowest BCUT2D eigenvalue weighted by atomic mass is 9.72. The van der Waals surface area contributed by atoms with E-state index in [-0.39, 0.29) is 46.6 Å². The number of halogens is 5. The molecule has 0 bridgehead atoms. The number of benzene rings is 1. The lowest BCUT2D eigenvalue weighted by molar-refractivity contribution is -0.190. The highest BCUT2D eigenvalue weighted by Gasteiger charge is 2.71. The van der Waals surface area contributed by atoms with Gasteiger partial charge in [-0.15, -0.1) is 0 Å². The van der Waals surface area contributed by atoms with Crippen molar-refractivity contribution in [2.75, 3.05) is 6.54 Å². The SMILES string of the molecule is CC(C)CN1C(=O)[C@](NC(=O)c2ccc(Cl)cc2Cl)(C(F)(F)F)C2=C1CC(C)(C)CC2=O. The van der Waals surface area contributed by atoms with Gasteiger partial charge in [-0.05, 0) is 36.0 Å². The van der Waals surface area contributed by atoms with Crippen molar-refractivity contribution in [1.82, 2.24) is 10.2 Å². The van der Waals surface area contributed by atoms with Gasteiger partial charge in [0.2, 0.25) is 5.54 Å². The van der Waals surface area contributed by atoms with Gasteiger partial charge in [0, 0.05) is 23.7 Å². The summed E-state index contributed by atoms with van der Waals surface area (Å²) in [4.78, 5) is 40.3. The standard InChI is InChI=1S/C22H23Cl2F3N2O3/c1-11(2)10-29-15-8-20(3,4)9-16(30)17(15)21(19(29)32,22(25,26)27)28-18(31)13-6-5-12(23)7-14(13)24/h5-7,11H,8-10H2,1-4H3,(H,28,31)/t21-/m0/s1. The molecule has 0 saturated carbocycles. The van der Waals surface area contributed by atoms with Gasteiger partial charge in [-0.1, -0.05) is 50.9 Å². The van der Waals surface area contributed by atoms with Gasteiger partial charge < -0.3 is 10.2 Å². The molecule has 1 N–H and O–H groups in total. The van der Waals surface area contributed by atoms with Crippen LogP contribution in [0.3, 0.4) is 0 Å². The zero-order valence-electron chi connectivity index (χ0n) is 18.0. The molecule has 1 aromatic rings. The second-order valence-corrected chi connectivity index (χ2v) is 10.2. The Morgan fingerprint density at radius 2 is 1.81 bits per heavy atom. The van der Waals surface area contributed by atoms with Crippen molar-refractivity contribution >= 4 is 40.8 Å². The van der Waals surface area contributed by atoms with Crippen molar-refractivity contribution in [3.05, 3.63) is 45.1 Å². The highest BCUT2D eigenvalue weighted by atomic mass is 35.5. The summed E-state index contributed by atoms with van der Waals surface area (Å²) < 4.78 is 44.0. The molecule has 0 spiro atoms. The molecule has 1 atom stereocenters. The van der Waals surface area contributed by atoms with Crippen LogP contribution in [0.5, 0.6) is 0 Å². The summed E-state index contributed by atoms with van der Waals surface area (Å²) >= 11 is 11.8. The molecule has 3 rings (SSSR count). The number of allylic oxidation sites excluding steroid dienone is 1. The van der Waals surface area contributed by atoms with E-state index in [4.69, 9.17) is 23.2 Å². The van der Waals surface area contributed by atoms with Crippen LogP contribution in [0, 0.1) is 11.3 Å². The molecule has 5 nitrogen and oxygen atoms in total. The monoisotopic (exact) mass is 490 g/mol. The maximum absolute atomic E-state index is 14.7. The first-order valence-electron chi connectivity index (χ1n) is 10.0. The number of ketones is 1. The molecule has 2 aliphatic rings. The van der Waals surface area contributed by atoms with Crippen LogP contribution in [0.4, 0.5) is 13.2 Å². The Labute approximate surface area is 193 Å². The van der Waals surface area contributed by atoms with Crippen LogP contribution >= 0.6 is 23.2 Å². The summed E-state index contributed by atoms with van der Waals surface area (Å²) in [6.45, 7) is 7.00. The highest BCUT2D eigenvalue weighted by molar-refractivity contribution is 6.36. The molecule has 0 aromatic heterocycles. The van der Waals surface area contributed by atoms with Crippen LogP contribution in [-0.2, 0) is 9.59 Å². The number of rotatable bonds is 4. The van der Waals surface area contributed by atoms with Gasteiger partial charge in [-0.2, -0.15) is 13.2 Å². The third-order valence-electron chi connectivity index (χ3n) is 5.57. The van der Waals surface area contributed by atoms with E-state index in [1.54, 1.807) is 27.7 Å². The first-order valence-corrected chi connectivity index (χ1v) is 10.8. The summed E-state index contributed by atoms with van der Waals surface area (Å²) in [6.07, 6.45) is -5.34. The van der Waals surface area contributed by atoms with E-state index in [0.717, 1.165) is 11.0 Å².